The van der Waals surface area contributed by atoms with Crippen LogP contribution < -0.4 is 15.2 Å². The molecule has 0 bridgehead atoms. The summed E-state index contributed by atoms with van der Waals surface area (Å²) in [5.74, 6) is 1.75. The molecule has 88 valence electrons. The van der Waals surface area contributed by atoms with Crippen LogP contribution in [0.2, 0.25) is 0 Å². The molecule has 0 fully saturated rings. The van der Waals surface area contributed by atoms with Crippen molar-refractivity contribution in [3.8, 4) is 11.5 Å². The fraction of sp³-hybridized carbons (Fsp3) is 0.538. The van der Waals surface area contributed by atoms with Gasteiger partial charge in [0.25, 0.3) is 0 Å². The molecule has 3 nitrogen and oxygen atoms in total. The third-order valence-electron chi connectivity index (χ3n) is 3.04. The fourth-order valence-corrected chi connectivity index (χ4v) is 2.19. The van der Waals surface area contributed by atoms with E-state index in [-0.39, 0.29) is 12.1 Å². The molecular weight excluding hydrogens is 202 g/mol. The molecule has 2 N–H and O–H groups in total. The minimum Gasteiger partial charge on any atom is -0.497 e. The number of benzene rings is 1. The second-order valence-corrected chi connectivity index (χ2v) is 4.27. The van der Waals surface area contributed by atoms with E-state index in [1.807, 2.05) is 18.2 Å². The maximum atomic E-state index is 6.16. The molecule has 0 aromatic heterocycles. The highest BCUT2D eigenvalue weighted by molar-refractivity contribution is 5.43. The summed E-state index contributed by atoms with van der Waals surface area (Å²) in [4.78, 5) is 0. The first-order valence-corrected chi connectivity index (χ1v) is 5.84. The Morgan fingerprint density at radius 3 is 3.00 bits per heavy atom. The van der Waals surface area contributed by atoms with Gasteiger partial charge in [0.15, 0.2) is 0 Å². The lowest BCUT2D eigenvalue weighted by molar-refractivity contribution is 0.149. The first-order chi connectivity index (χ1) is 7.74. The molecule has 1 aliphatic heterocycles. The first-order valence-electron chi connectivity index (χ1n) is 5.84. The van der Waals surface area contributed by atoms with Crippen molar-refractivity contribution in [2.45, 2.75) is 38.3 Å². The van der Waals surface area contributed by atoms with Gasteiger partial charge in [0.1, 0.15) is 17.6 Å². The number of hydrogen-bond acceptors (Lipinski definition) is 3. The summed E-state index contributed by atoms with van der Waals surface area (Å²) in [5, 5.41) is 0. The van der Waals surface area contributed by atoms with Gasteiger partial charge in [-0.05, 0) is 24.6 Å². The third kappa shape index (κ3) is 2.14. The van der Waals surface area contributed by atoms with Crippen molar-refractivity contribution in [2.75, 3.05) is 7.11 Å². The molecule has 0 spiro atoms. The van der Waals surface area contributed by atoms with E-state index in [0.29, 0.717) is 0 Å². The number of fused-ring (bicyclic) bond motifs is 1. The molecule has 2 unspecified atom stereocenters. The van der Waals surface area contributed by atoms with Crippen LogP contribution in [0.1, 0.15) is 37.8 Å². The van der Waals surface area contributed by atoms with Crippen molar-refractivity contribution in [2.24, 2.45) is 5.73 Å². The Labute approximate surface area is 96.5 Å². The number of ether oxygens (including phenoxy) is 2. The van der Waals surface area contributed by atoms with E-state index in [9.17, 15) is 0 Å². The second kappa shape index (κ2) is 4.74. The number of rotatable bonds is 3. The quantitative estimate of drug-likeness (QED) is 0.853. The average Bonchev–Trinajstić information content (AvgIpc) is 2.29. The molecule has 0 amide bonds. The Kier molecular flexibility index (Phi) is 3.34. The Morgan fingerprint density at radius 1 is 1.50 bits per heavy atom. The van der Waals surface area contributed by atoms with E-state index in [1.165, 1.54) is 0 Å². The lowest BCUT2D eigenvalue weighted by Gasteiger charge is -2.30. The SMILES string of the molecule is CCCC1CC(N)c2cc(OC)ccc2O1. The van der Waals surface area contributed by atoms with E-state index in [4.69, 9.17) is 15.2 Å². The molecule has 1 aromatic carbocycles. The second-order valence-electron chi connectivity index (χ2n) is 4.27. The molecule has 0 radical (unpaired) electrons. The highest BCUT2D eigenvalue weighted by Gasteiger charge is 2.25. The van der Waals surface area contributed by atoms with Crippen LogP contribution in [-0.2, 0) is 0 Å². The van der Waals surface area contributed by atoms with Crippen LogP contribution in [0.25, 0.3) is 0 Å². The lowest BCUT2D eigenvalue weighted by Crippen LogP contribution is -2.29. The maximum absolute atomic E-state index is 6.16. The normalized spacial score (nSPS) is 23.4. The van der Waals surface area contributed by atoms with Gasteiger partial charge in [-0.1, -0.05) is 13.3 Å². The molecular formula is C13H19NO2. The molecule has 0 saturated carbocycles. The highest BCUT2D eigenvalue weighted by Crippen LogP contribution is 2.36. The molecule has 1 aliphatic rings. The smallest absolute Gasteiger partial charge is 0.124 e. The minimum absolute atomic E-state index is 0.0652. The van der Waals surface area contributed by atoms with Crippen LogP contribution >= 0.6 is 0 Å². The molecule has 3 heteroatoms. The summed E-state index contributed by atoms with van der Waals surface area (Å²) in [6.07, 6.45) is 3.36. The Bertz CT molecular complexity index is 365. The van der Waals surface area contributed by atoms with Crippen LogP contribution in [0, 0.1) is 0 Å². The van der Waals surface area contributed by atoms with E-state index in [0.717, 1.165) is 36.3 Å². The largest absolute Gasteiger partial charge is 0.497 e. The zero-order valence-corrected chi connectivity index (χ0v) is 9.90. The van der Waals surface area contributed by atoms with E-state index < -0.39 is 0 Å². The minimum atomic E-state index is 0.0652. The zero-order valence-electron chi connectivity index (χ0n) is 9.90. The van der Waals surface area contributed by atoms with Crippen molar-refractivity contribution in [3.05, 3.63) is 23.8 Å². The number of nitrogens with two attached hydrogens (primary N) is 1. The molecule has 2 atom stereocenters. The molecule has 1 aromatic rings. The van der Waals surface area contributed by atoms with Crippen LogP contribution in [-0.4, -0.2) is 13.2 Å². The summed E-state index contributed by atoms with van der Waals surface area (Å²) in [6.45, 7) is 2.17. The van der Waals surface area contributed by atoms with E-state index >= 15 is 0 Å². The van der Waals surface area contributed by atoms with E-state index in [1.54, 1.807) is 7.11 Å². The zero-order chi connectivity index (χ0) is 11.5. The number of hydrogen-bond donors (Lipinski definition) is 1. The van der Waals surface area contributed by atoms with Crippen molar-refractivity contribution in [1.29, 1.82) is 0 Å². The van der Waals surface area contributed by atoms with Crippen molar-refractivity contribution in [3.63, 3.8) is 0 Å². The predicted octanol–water partition coefficient (Wildman–Crippen LogP) is 2.65. The molecule has 16 heavy (non-hydrogen) atoms. The molecule has 1 heterocycles. The van der Waals surface area contributed by atoms with Crippen LogP contribution in [0.15, 0.2) is 18.2 Å². The summed E-state index contributed by atoms with van der Waals surface area (Å²) >= 11 is 0. The molecule has 2 rings (SSSR count). The fourth-order valence-electron chi connectivity index (χ4n) is 2.19. The van der Waals surface area contributed by atoms with Crippen LogP contribution in [0.4, 0.5) is 0 Å². The average molecular weight is 221 g/mol. The summed E-state index contributed by atoms with van der Waals surface area (Å²) < 4.78 is 11.1. The molecule has 0 saturated heterocycles. The van der Waals surface area contributed by atoms with Crippen LogP contribution in [0.5, 0.6) is 11.5 Å². The van der Waals surface area contributed by atoms with Crippen molar-refractivity contribution < 1.29 is 9.47 Å². The van der Waals surface area contributed by atoms with Gasteiger partial charge in [0, 0.05) is 18.0 Å². The summed E-state index contributed by atoms with van der Waals surface area (Å²) in [5.41, 5.74) is 7.22. The number of methoxy groups -OCH3 is 1. The Balaban J connectivity index is 2.23. The van der Waals surface area contributed by atoms with Gasteiger partial charge in [0.2, 0.25) is 0 Å². The topological polar surface area (TPSA) is 44.5 Å². The lowest BCUT2D eigenvalue weighted by atomic mass is 9.95. The monoisotopic (exact) mass is 221 g/mol. The standard InChI is InChI=1S/C13H19NO2/c1-3-4-10-8-12(14)11-7-9(15-2)5-6-13(11)16-10/h5-7,10,12H,3-4,8,14H2,1-2H3. The van der Waals surface area contributed by atoms with Gasteiger partial charge in [-0.15, -0.1) is 0 Å². The van der Waals surface area contributed by atoms with E-state index in [2.05, 4.69) is 6.92 Å². The predicted molar refractivity (Wildman–Crippen MR) is 63.9 cm³/mol. The van der Waals surface area contributed by atoms with Crippen LogP contribution in [0.3, 0.4) is 0 Å². The van der Waals surface area contributed by atoms with Gasteiger partial charge >= 0.3 is 0 Å². The van der Waals surface area contributed by atoms with Gasteiger partial charge in [-0.2, -0.15) is 0 Å². The van der Waals surface area contributed by atoms with Gasteiger partial charge < -0.3 is 15.2 Å². The first kappa shape index (κ1) is 11.3. The Hall–Kier alpha value is -1.22. The van der Waals surface area contributed by atoms with Crippen molar-refractivity contribution in [1.82, 2.24) is 0 Å². The maximum Gasteiger partial charge on any atom is 0.124 e. The summed E-state index contributed by atoms with van der Waals surface area (Å²) in [7, 11) is 1.66. The van der Waals surface area contributed by atoms with Crippen molar-refractivity contribution >= 4 is 0 Å². The molecule has 0 aliphatic carbocycles. The van der Waals surface area contributed by atoms with Gasteiger partial charge in [-0.3, -0.25) is 0 Å². The Morgan fingerprint density at radius 2 is 2.31 bits per heavy atom. The summed E-state index contributed by atoms with van der Waals surface area (Å²) in [6, 6.07) is 5.91. The van der Waals surface area contributed by atoms with Gasteiger partial charge in [0.05, 0.1) is 7.11 Å². The highest BCUT2D eigenvalue weighted by atomic mass is 16.5. The van der Waals surface area contributed by atoms with Gasteiger partial charge in [-0.25, -0.2) is 0 Å². The third-order valence-corrected chi connectivity index (χ3v) is 3.04.